The van der Waals surface area contributed by atoms with E-state index in [-0.39, 0.29) is 13.0 Å². The Balaban J connectivity index is 2.24. The molecular formula is C12H12BrF2NO2. The Kier molecular flexibility index (Phi) is 3.56. The third-order valence-electron chi connectivity index (χ3n) is 2.86. The summed E-state index contributed by atoms with van der Waals surface area (Å²) < 4.78 is 31.8. The maximum Gasteiger partial charge on any atom is 0.267 e. The van der Waals surface area contributed by atoms with Crippen LogP contribution in [0.5, 0.6) is 5.75 Å². The van der Waals surface area contributed by atoms with Crippen molar-refractivity contribution in [3.63, 3.8) is 0 Å². The Bertz CT molecular complexity index is 479. The largest absolute Gasteiger partial charge is 0.497 e. The van der Waals surface area contributed by atoms with Crippen molar-refractivity contribution >= 4 is 21.8 Å². The third kappa shape index (κ3) is 2.63. The van der Waals surface area contributed by atoms with E-state index in [0.29, 0.717) is 15.8 Å². The maximum atomic E-state index is 13.1. The van der Waals surface area contributed by atoms with Gasteiger partial charge in [0.25, 0.3) is 11.8 Å². The number of benzene rings is 1. The molecule has 0 radical (unpaired) electrons. The summed E-state index contributed by atoms with van der Waals surface area (Å²) in [6.45, 7) is -0.440. The lowest BCUT2D eigenvalue weighted by molar-refractivity contribution is 0.0120. The number of likely N-dealkylation sites (tertiary alicyclic amines) is 1. The average molecular weight is 320 g/mol. The number of hydrogen-bond acceptors (Lipinski definition) is 2. The van der Waals surface area contributed by atoms with Gasteiger partial charge in [0.05, 0.1) is 19.2 Å². The molecule has 0 N–H and O–H groups in total. The van der Waals surface area contributed by atoms with Gasteiger partial charge in [0.1, 0.15) is 5.75 Å². The molecular weight excluding hydrogens is 308 g/mol. The molecule has 98 valence electrons. The highest BCUT2D eigenvalue weighted by Gasteiger charge is 2.40. The molecule has 0 spiro atoms. The van der Waals surface area contributed by atoms with E-state index in [4.69, 9.17) is 4.74 Å². The van der Waals surface area contributed by atoms with Gasteiger partial charge in [-0.2, -0.15) is 0 Å². The molecule has 1 aliphatic rings. The summed E-state index contributed by atoms with van der Waals surface area (Å²) in [5.41, 5.74) is 0.340. The summed E-state index contributed by atoms with van der Waals surface area (Å²) in [6.07, 6.45) is -0.277. The SMILES string of the molecule is COc1ccc(Br)c(C(=O)N2CCC(F)(F)C2)c1. The van der Waals surface area contributed by atoms with Crippen LogP contribution in [0.3, 0.4) is 0 Å². The van der Waals surface area contributed by atoms with Gasteiger partial charge in [-0.25, -0.2) is 8.78 Å². The number of nitrogens with zero attached hydrogens (tertiary/aromatic N) is 1. The van der Waals surface area contributed by atoms with Crippen LogP contribution < -0.4 is 4.74 Å². The van der Waals surface area contributed by atoms with Crippen LogP contribution in [-0.2, 0) is 0 Å². The summed E-state index contributed by atoms with van der Waals surface area (Å²) in [5, 5.41) is 0. The van der Waals surface area contributed by atoms with E-state index in [0.717, 1.165) is 0 Å². The molecule has 1 amide bonds. The summed E-state index contributed by atoms with van der Waals surface area (Å²) in [5.74, 6) is -2.66. The highest BCUT2D eigenvalue weighted by molar-refractivity contribution is 9.10. The van der Waals surface area contributed by atoms with Crippen molar-refractivity contribution in [3.05, 3.63) is 28.2 Å². The standard InChI is InChI=1S/C12H12BrF2NO2/c1-18-8-2-3-10(13)9(6-8)11(17)16-5-4-12(14,15)7-16/h2-3,6H,4-5,7H2,1H3. The monoisotopic (exact) mass is 319 g/mol. The normalized spacial score (nSPS) is 17.9. The van der Waals surface area contributed by atoms with Gasteiger partial charge in [-0.3, -0.25) is 4.79 Å². The second-order valence-electron chi connectivity index (χ2n) is 4.18. The number of hydrogen-bond donors (Lipinski definition) is 0. The number of carbonyl (C=O) groups excluding carboxylic acids is 1. The quantitative estimate of drug-likeness (QED) is 0.838. The van der Waals surface area contributed by atoms with Crippen molar-refractivity contribution in [1.29, 1.82) is 0 Å². The summed E-state index contributed by atoms with van der Waals surface area (Å²) in [6, 6.07) is 4.91. The zero-order chi connectivity index (χ0) is 13.3. The fourth-order valence-electron chi connectivity index (χ4n) is 1.87. The molecule has 1 aromatic rings. The van der Waals surface area contributed by atoms with Crippen molar-refractivity contribution in [3.8, 4) is 5.75 Å². The molecule has 0 aliphatic carbocycles. The van der Waals surface area contributed by atoms with Crippen molar-refractivity contribution in [2.24, 2.45) is 0 Å². The summed E-state index contributed by atoms with van der Waals surface area (Å²) in [7, 11) is 1.49. The minimum absolute atomic E-state index is 0.0789. The Labute approximate surface area is 112 Å². The Hall–Kier alpha value is -1.17. The van der Waals surface area contributed by atoms with Gasteiger partial charge in [-0.1, -0.05) is 0 Å². The van der Waals surface area contributed by atoms with Gasteiger partial charge in [-0.15, -0.1) is 0 Å². The molecule has 3 nitrogen and oxygen atoms in total. The first-order valence-corrected chi connectivity index (χ1v) is 6.23. The highest BCUT2D eigenvalue weighted by atomic mass is 79.9. The first kappa shape index (κ1) is 13.3. The van der Waals surface area contributed by atoms with Gasteiger partial charge in [-0.05, 0) is 34.1 Å². The fraction of sp³-hybridized carbons (Fsp3) is 0.417. The average Bonchev–Trinajstić information content (AvgIpc) is 2.69. The van der Waals surface area contributed by atoms with Gasteiger partial charge in [0.2, 0.25) is 0 Å². The lowest BCUT2D eigenvalue weighted by atomic mass is 10.2. The zero-order valence-corrected chi connectivity index (χ0v) is 11.3. The Morgan fingerprint density at radius 3 is 2.78 bits per heavy atom. The number of alkyl halides is 2. The van der Waals surface area contributed by atoms with E-state index in [9.17, 15) is 13.6 Å². The zero-order valence-electron chi connectivity index (χ0n) is 9.75. The highest BCUT2D eigenvalue weighted by Crippen LogP contribution is 2.30. The Morgan fingerprint density at radius 2 is 2.22 bits per heavy atom. The number of carbonyl (C=O) groups is 1. The van der Waals surface area contributed by atoms with Crippen LogP contribution in [0.2, 0.25) is 0 Å². The summed E-state index contributed by atoms with van der Waals surface area (Å²) >= 11 is 3.25. The van der Waals surface area contributed by atoms with E-state index < -0.39 is 18.4 Å². The first-order chi connectivity index (χ1) is 8.43. The van der Waals surface area contributed by atoms with Crippen molar-refractivity contribution in [2.45, 2.75) is 12.3 Å². The molecule has 0 unspecified atom stereocenters. The van der Waals surface area contributed by atoms with Crippen LogP contribution >= 0.6 is 15.9 Å². The van der Waals surface area contributed by atoms with Crippen LogP contribution in [0.15, 0.2) is 22.7 Å². The van der Waals surface area contributed by atoms with Crippen LogP contribution in [0.25, 0.3) is 0 Å². The van der Waals surface area contributed by atoms with Crippen LogP contribution in [-0.4, -0.2) is 36.9 Å². The molecule has 0 atom stereocenters. The van der Waals surface area contributed by atoms with Crippen LogP contribution in [0, 0.1) is 0 Å². The van der Waals surface area contributed by atoms with Crippen LogP contribution in [0.4, 0.5) is 8.78 Å². The molecule has 0 saturated carbocycles. The van der Waals surface area contributed by atoms with E-state index in [1.165, 1.54) is 12.0 Å². The number of amides is 1. The van der Waals surface area contributed by atoms with E-state index in [1.54, 1.807) is 18.2 Å². The third-order valence-corrected chi connectivity index (χ3v) is 3.55. The number of ether oxygens (including phenoxy) is 1. The second kappa shape index (κ2) is 4.84. The lowest BCUT2D eigenvalue weighted by Gasteiger charge is -2.17. The number of methoxy groups -OCH3 is 1. The molecule has 2 rings (SSSR count). The first-order valence-electron chi connectivity index (χ1n) is 5.43. The number of halogens is 3. The van der Waals surface area contributed by atoms with Gasteiger partial charge < -0.3 is 9.64 Å². The van der Waals surface area contributed by atoms with Gasteiger partial charge in [0, 0.05) is 17.4 Å². The molecule has 0 bridgehead atoms. The maximum absolute atomic E-state index is 13.1. The van der Waals surface area contributed by atoms with E-state index in [1.807, 2.05) is 0 Å². The van der Waals surface area contributed by atoms with Crippen LogP contribution in [0.1, 0.15) is 16.8 Å². The second-order valence-corrected chi connectivity index (χ2v) is 5.03. The minimum Gasteiger partial charge on any atom is -0.497 e. The van der Waals surface area contributed by atoms with Gasteiger partial charge >= 0.3 is 0 Å². The van der Waals surface area contributed by atoms with Crippen molar-refractivity contribution in [1.82, 2.24) is 4.90 Å². The van der Waals surface area contributed by atoms with Gasteiger partial charge in [0.15, 0.2) is 0 Å². The predicted octanol–water partition coefficient (Wildman–Crippen LogP) is 2.94. The molecule has 1 fully saturated rings. The molecule has 1 aliphatic heterocycles. The Morgan fingerprint density at radius 1 is 1.50 bits per heavy atom. The smallest absolute Gasteiger partial charge is 0.267 e. The number of rotatable bonds is 2. The molecule has 6 heteroatoms. The molecule has 1 heterocycles. The molecule has 1 saturated heterocycles. The van der Waals surface area contributed by atoms with E-state index in [2.05, 4.69) is 15.9 Å². The molecule has 0 aromatic heterocycles. The topological polar surface area (TPSA) is 29.5 Å². The predicted molar refractivity (Wildman–Crippen MR) is 66.2 cm³/mol. The fourth-order valence-corrected chi connectivity index (χ4v) is 2.29. The van der Waals surface area contributed by atoms with Crippen molar-refractivity contribution < 1.29 is 18.3 Å². The molecule has 1 aromatic carbocycles. The van der Waals surface area contributed by atoms with E-state index >= 15 is 0 Å². The lowest BCUT2D eigenvalue weighted by Crippen LogP contribution is -2.31. The van der Waals surface area contributed by atoms with Crippen molar-refractivity contribution in [2.75, 3.05) is 20.2 Å². The molecule has 18 heavy (non-hydrogen) atoms. The minimum atomic E-state index is -2.78. The summed E-state index contributed by atoms with van der Waals surface area (Å²) in [4.78, 5) is 13.3.